The van der Waals surface area contributed by atoms with Crippen LogP contribution in [0.3, 0.4) is 0 Å². The Labute approximate surface area is 114 Å². The van der Waals surface area contributed by atoms with Crippen LogP contribution in [0, 0.1) is 5.92 Å². The van der Waals surface area contributed by atoms with Gasteiger partial charge in [-0.05, 0) is 17.9 Å². The molecule has 1 heterocycles. The molecule has 0 saturated carbocycles. The number of thioether (sulfide) groups is 2. The standard InChI is InChI=1S/C11H16N2O3S2/c1-8(6-17-2)5-13-4-3-9(14)12-11(13)18-7-10(15)16/h3-4,8H,5-7H2,1-2H3,(H,15,16). The lowest BCUT2D eigenvalue weighted by atomic mass is 10.2. The van der Waals surface area contributed by atoms with Gasteiger partial charge >= 0.3 is 5.97 Å². The van der Waals surface area contributed by atoms with Gasteiger partial charge in [0.1, 0.15) is 0 Å². The molecule has 0 amide bonds. The molecule has 0 fully saturated rings. The van der Waals surface area contributed by atoms with Crippen LogP contribution in [0.2, 0.25) is 0 Å². The molecule has 1 N–H and O–H groups in total. The molecule has 0 aromatic carbocycles. The summed E-state index contributed by atoms with van der Waals surface area (Å²) in [7, 11) is 0. The van der Waals surface area contributed by atoms with E-state index in [0.717, 1.165) is 24.1 Å². The van der Waals surface area contributed by atoms with Crippen molar-refractivity contribution in [3.05, 3.63) is 22.6 Å². The van der Waals surface area contributed by atoms with Gasteiger partial charge in [0.25, 0.3) is 5.56 Å². The Morgan fingerprint density at radius 3 is 2.94 bits per heavy atom. The SMILES string of the molecule is CSCC(C)Cn1ccc(=O)nc1SCC(=O)O. The van der Waals surface area contributed by atoms with Gasteiger partial charge in [-0.2, -0.15) is 16.7 Å². The van der Waals surface area contributed by atoms with E-state index in [-0.39, 0.29) is 11.3 Å². The zero-order chi connectivity index (χ0) is 13.5. The second-order valence-corrected chi connectivity index (χ2v) is 5.80. The monoisotopic (exact) mass is 288 g/mol. The predicted molar refractivity (Wildman–Crippen MR) is 74.4 cm³/mol. The fourth-order valence-electron chi connectivity index (χ4n) is 1.47. The number of aliphatic carboxylic acids is 1. The molecule has 0 aliphatic rings. The Morgan fingerprint density at radius 1 is 1.61 bits per heavy atom. The first-order chi connectivity index (χ1) is 8.52. The fourth-order valence-corrected chi connectivity index (χ4v) is 2.85. The summed E-state index contributed by atoms with van der Waals surface area (Å²) in [5.74, 6) is 0.443. The zero-order valence-electron chi connectivity index (χ0n) is 10.3. The molecule has 1 rings (SSSR count). The van der Waals surface area contributed by atoms with Gasteiger partial charge < -0.3 is 9.67 Å². The maximum atomic E-state index is 11.2. The fraction of sp³-hybridized carbons (Fsp3) is 0.545. The van der Waals surface area contributed by atoms with Gasteiger partial charge in [-0.25, -0.2) is 0 Å². The highest BCUT2D eigenvalue weighted by molar-refractivity contribution is 7.99. The minimum atomic E-state index is -0.915. The van der Waals surface area contributed by atoms with E-state index in [4.69, 9.17) is 5.11 Å². The Kier molecular flexibility index (Phi) is 6.28. The Balaban J connectivity index is 2.82. The molecule has 0 bridgehead atoms. The first-order valence-electron chi connectivity index (χ1n) is 5.44. The molecule has 0 aliphatic heterocycles. The molecule has 0 aliphatic carbocycles. The molecular formula is C11H16N2O3S2. The zero-order valence-corrected chi connectivity index (χ0v) is 12.0. The molecule has 0 radical (unpaired) electrons. The third-order valence-corrected chi connectivity index (χ3v) is 4.01. The van der Waals surface area contributed by atoms with E-state index in [2.05, 4.69) is 11.9 Å². The van der Waals surface area contributed by atoms with Crippen molar-refractivity contribution in [2.24, 2.45) is 5.92 Å². The second kappa shape index (κ2) is 7.48. The summed E-state index contributed by atoms with van der Waals surface area (Å²) in [5.41, 5.74) is -0.336. The molecule has 1 aromatic rings. The van der Waals surface area contributed by atoms with Crippen molar-refractivity contribution in [3.63, 3.8) is 0 Å². The molecule has 1 aromatic heterocycles. The van der Waals surface area contributed by atoms with Crippen LogP contribution in [0.15, 0.2) is 22.2 Å². The number of carbonyl (C=O) groups is 1. The smallest absolute Gasteiger partial charge is 0.313 e. The molecule has 0 saturated heterocycles. The van der Waals surface area contributed by atoms with Gasteiger partial charge in [-0.15, -0.1) is 0 Å². The first-order valence-corrected chi connectivity index (χ1v) is 7.82. The predicted octanol–water partition coefficient (Wildman–Crippen LogP) is 1.42. The van der Waals surface area contributed by atoms with E-state index in [1.54, 1.807) is 18.0 Å². The molecule has 7 heteroatoms. The first kappa shape index (κ1) is 15.1. The van der Waals surface area contributed by atoms with E-state index in [1.807, 2.05) is 10.8 Å². The number of nitrogens with zero attached hydrogens (tertiary/aromatic N) is 2. The maximum absolute atomic E-state index is 11.2. The Hall–Kier alpha value is -0.950. The quantitative estimate of drug-likeness (QED) is 0.604. The second-order valence-electron chi connectivity index (χ2n) is 3.94. The summed E-state index contributed by atoms with van der Waals surface area (Å²) in [5, 5.41) is 9.13. The van der Waals surface area contributed by atoms with Crippen LogP contribution in [0.1, 0.15) is 6.92 Å². The van der Waals surface area contributed by atoms with Crippen LogP contribution in [0.4, 0.5) is 0 Å². The summed E-state index contributed by atoms with van der Waals surface area (Å²) in [6.45, 7) is 2.84. The Bertz CT molecular complexity index is 462. The molecule has 5 nitrogen and oxygen atoms in total. The lowest BCUT2D eigenvalue weighted by Gasteiger charge is -2.15. The van der Waals surface area contributed by atoms with E-state index in [1.165, 1.54) is 6.07 Å². The van der Waals surface area contributed by atoms with Crippen molar-refractivity contribution in [2.45, 2.75) is 18.6 Å². The number of rotatable bonds is 7. The van der Waals surface area contributed by atoms with E-state index >= 15 is 0 Å². The van der Waals surface area contributed by atoms with Gasteiger partial charge in [-0.3, -0.25) is 9.59 Å². The van der Waals surface area contributed by atoms with Crippen molar-refractivity contribution in [3.8, 4) is 0 Å². The third kappa shape index (κ3) is 5.14. The molecular weight excluding hydrogens is 272 g/mol. The van der Waals surface area contributed by atoms with Crippen molar-refractivity contribution in [1.29, 1.82) is 0 Å². The minimum absolute atomic E-state index is 0.0899. The van der Waals surface area contributed by atoms with Gasteiger partial charge in [0, 0.05) is 18.8 Å². The van der Waals surface area contributed by atoms with Gasteiger partial charge in [-0.1, -0.05) is 18.7 Å². The highest BCUT2D eigenvalue weighted by Crippen LogP contribution is 2.16. The number of carboxylic acid groups (broad SMARTS) is 1. The number of carboxylic acids is 1. The normalized spacial score (nSPS) is 12.3. The molecule has 1 unspecified atom stereocenters. The van der Waals surface area contributed by atoms with Crippen LogP contribution in [-0.2, 0) is 11.3 Å². The maximum Gasteiger partial charge on any atom is 0.313 e. The lowest BCUT2D eigenvalue weighted by molar-refractivity contribution is -0.133. The van der Waals surface area contributed by atoms with Crippen LogP contribution in [0.5, 0.6) is 0 Å². The van der Waals surface area contributed by atoms with E-state index < -0.39 is 5.97 Å². The topological polar surface area (TPSA) is 72.2 Å². The van der Waals surface area contributed by atoms with Crippen molar-refractivity contribution < 1.29 is 9.90 Å². The van der Waals surface area contributed by atoms with Gasteiger partial charge in [0.15, 0.2) is 5.16 Å². The largest absolute Gasteiger partial charge is 0.481 e. The van der Waals surface area contributed by atoms with Crippen molar-refractivity contribution >= 4 is 29.5 Å². The summed E-state index contributed by atoms with van der Waals surface area (Å²) in [6.07, 6.45) is 3.72. The molecule has 1 atom stereocenters. The average Bonchev–Trinajstić information content (AvgIpc) is 2.29. The molecule has 100 valence electrons. The third-order valence-electron chi connectivity index (χ3n) is 2.13. The number of aromatic nitrogens is 2. The lowest BCUT2D eigenvalue weighted by Crippen LogP contribution is -2.18. The van der Waals surface area contributed by atoms with Crippen molar-refractivity contribution in [1.82, 2.24) is 9.55 Å². The summed E-state index contributed by atoms with van der Waals surface area (Å²) in [6, 6.07) is 1.40. The summed E-state index contributed by atoms with van der Waals surface area (Å²) >= 11 is 2.83. The van der Waals surface area contributed by atoms with E-state index in [9.17, 15) is 9.59 Å². The Morgan fingerprint density at radius 2 is 2.33 bits per heavy atom. The summed E-state index contributed by atoms with van der Waals surface area (Å²) in [4.78, 5) is 25.6. The minimum Gasteiger partial charge on any atom is -0.481 e. The summed E-state index contributed by atoms with van der Waals surface area (Å²) < 4.78 is 1.84. The van der Waals surface area contributed by atoms with Crippen LogP contribution < -0.4 is 5.56 Å². The molecule has 18 heavy (non-hydrogen) atoms. The number of hydrogen-bond acceptors (Lipinski definition) is 5. The van der Waals surface area contributed by atoms with Crippen LogP contribution in [-0.4, -0.2) is 38.4 Å². The van der Waals surface area contributed by atoms with Crippen LogP contribution >= 0.6 is 23.5 Å². The highest BCUT2D eigenvalue weighted by atomic mass is 32.2. The van der Waals surface area contributed by atoms with Crippen molar-refractivity contribution in [2.75, 3.05) is 17.8 Å². The van der Waals surface area contributed by atoms with Crippen LogP contribution in [0.25, 0.3) is 0 Å². The number of hydrogen-bond donors (Lipinski definition) is 1. The highest BCUT2D eigenvalue weighted by Gasteiger charge is 2.09. The van der Waals surface area contributed by atoms with E-state index in [0.29, 0.717) is 11.1 Å². The average molecular weight is 288 g/mol. The van der Waals surface area contributed by atoms with Gasteiger partial charge in [0.05, 0.1) is 5.75 Å². The molecule has 0 spiro atoms. The van der Waals surface area contributed by atoms with Gasteiger partial charge in [0.2, 0.25) is 0 Å².